The summed E-state index contributed by atoms with van der Waals surface area (Å²) in [5, 5.41) is 10.7. The Balaban J connectivity index is 1.86. The normalized spacial score (nSPS) is 44.6. The third-order valence-corrected chi connectivity index (χ3v) is 5.30. The van der Waals surface area contributed by atoms with Crippen molar-refractivity contribution in [3.8, 4) is 0 Å². The highest BCUT2D eigenvalue weighted by Crippen LogP contribution is 2.56. The van der Waals surface area contributed by atoms with Gasteiger partial charge in [0.15, 0.2) is 0 Å². The Morgan fingerprint density at radius 2 is 2.32 bits per heavy atom. The molecule has 4 aliphatic rings. The second kappa shape index (κ2) is 5.04. The van der Waals surface area contributed by atoms with Crippen molar-refractivity contribution in [2.45, 2.75) is 43.8 Å². The molecule has 0 spiro atoms. The van der Waals surface area contributed by atoms with Crippen molar-refractivity contribution in [1.82, 2.24) is 0 Å². The van der Waals surface area contributed by atoms with E-state index in [-0.39, 0.29) is 12.0 Å². The van der Waals surface area contributed by atoms with Gasteiger partial charge < -0.3 is 14.6 Å². The Morgan fingerprint density at radius 1 is 1.47 bits per heavy atom. The lowest BCUT2D eigenvalue weighted by molar-refractivity contribution is -0.130. The molecule has 0 heterocycles. The lowest BCUT2D eigenvalue weighted by Crippen LogP contribution is -2.54. The summed E-state index contributed by atoms with van der Waals surface area (Å²) in [4.78, 5) is 0. The Hall–Kier alpha value is -0.640. The lowest BCUT2D eigenvalue weighted by atomic mass is 9.52. The fourth-order valence-corrected chi connectivity index (χ4v) is 4.52. The van der Waals surface area contributed by atoms with Crippen molar-refractivity contribution < 1.29 is 14.6 Å². The van der Waals surface area contributed by atoms with Crippen LogP contribution in [0.5, 0.6) is 0 Å². The standard InChI is InChI=1S/C16H24O3/c1-3-16(17)9-11-7-8-13(16)12-5-4-6-14(15(11)12)19-10-18-2/h3,5,11,13-15,17H,1,4,6-10H2,2H3/t11-,13-,14-,15+,16-/m0/s1. The molecule has 3 heteroatoms. The zero-order chi connectivity index (χ0) is 13.5. The summed E-state index contributed by atoms with van der Waals surface area (Å²) in [6, 6.07) is 0. The molecule has 3 fully saturated rings. The molecule has 19 heavy (non-hydrogen) atoms. The van der Waals surface area contributed by atoms with Gasteiger partial charge in [-0.15, -0.1) is 6.58 Å². The molecule has 0 aromatic heterocycles. The van der Waals surface area contributed by atoms with Crippen LogP contribution in [0.15, 0.2) is 24.3 Å². The van der Waals surface area contributed by atoms with Crippen LogP contribution in [-0.2, 0) is 9.47 Å². The van der Waals surface area contributed by atoms with Crippen molar-refractivity contribution in [3.63, 3.8) is 0 Å². The minimum absolute atomic E-state index is 0.258. The minimum atomic E-state index is -0.686. The van der Waals surface area contributed by atoms with Gasteiger partial charge in [-0.05, 0) is 38.0 Å². The quantitative estimate of drug-likeness (QED) is 0.626. The smallest absolute Gasteiger partial charge is 0.146 e. The van der Waals surface area contributed by atoms with Gasteiger partial charge in [0.25, 0.3) is 0 Å². The number of hydrogen-bond acceptors (Lipinski definition) is 3. The van der Waals surface area contributed by atoms with Crippen molar-refractivity contribution >= 4 is 0 Å². The van der Waals surface area contributed by atoms with Gasteiger partial charge in [0.05, 0.1) is 11.7 Å². The van der Waals surface area contributed by atoms with Crippen LogP contribution in [0.3, 0.4) is 0 Å². The van der Waals surface area contributed by atoms with E-state index in [1.165, 1.54) is 12.0 Å². The SMILES string of the molecule is C=C[C@]1(O)C[C@@H]2CC[C@H]1C1=CCC[C@H](OCOC)[C@@H]12. The Kier molecular flexibility index (Phi) is 3.54. The first-order chi connectivity index (χ1) is 9.19. The maximum Gasteiger partial charge on any atom is 0.146 e. The van der Waals surface area contributed by atoms with Gasteiger partial charge in [-0.3, -0.25) is 0 Å². The number of hydrogen-bond donors (Lipinski definition) is 1. The van der Waals surface area contributed by atoms with E-state index < -0.39 is 5.60 Å². The molecule has 4 rings (SSSR count). The van der Waals surface area contributed by atoms with E-state index in [0.717, 1.165) is 25.7 Å². The third kappa shape index (κ3) is 2.08. The van der Waals surface area contributed by atoms with Crippen LogP contribution in [0, 0.1) is 17.8 Å². The molecule has 0 aromatic carbocycles. The first-order valence-corrected chi connectivity index (χ1v) is 7.36. The highest BCUT2D eigenvalue weighted by molar-refractivity contribution is 5.30. The molecular weight excluding hydrogens is 240 g/mol. The molecular formula is C16H24O3. The highest BCUT2D eigenvalue weighted by Gasteiger charge is 2.54. The molecule has 2 bridgehead atoms. The molecule has 0 aliphatic heterocycles. The molecule has 0 unspecified atom stereocenters. The van der Waals surface area contributed by atoms with Crippen molar-refractivity contribution in [2.24, 2.45) is 17.8 Å². The molecule has 0 radical (unpaired) electrons. The predicted molar refractivity (Wildman–Crippen MR) is 73.5 cm³/mol. The Bertz CT molecular complexity index is 389. The molecule has 1 N–H and O–H groups in total. The van der Waals surface area contributed by atoms with E-state index in [9.17, 15) is 5.11 Å². The summed E-state index contributed by atoms with van der Waals surface area (Å²) in [5.41, 5.74) is 0.742. The first kappa shape index (κ1) is 13.3. The largest absolute Gasteiger partial charge is 0.385 e. The molecule has 0 aromatic rings. The van der Waals surface area contributed by atoms with Gasteiger partial charge in [-0.25, -0.2) is 0 Å². The maximum atomic E-state index is 10.7. The Morgan fingerprint density at radius 3 is 3.05 bits per heavy atom. The van der Waals surface area contributed by atoms with Crippen LogP contribution in [0.1, 0.15) is 32.1 Å². The van der Waals surface area contributed by atoms with Gasteiger partial charge in [0.2, 0.25) is 0 Å². The average Bonchev–Trinajstić information content (AvgIpc) is 2.45. The number of rotatable bonds is 4. The van der Waals surface area contributed by atoms with Crippen LogP contribution < -0.4 is 0 Å². The molecule has 4 aliphatic carbocycles. The fourth-order valence-electron chi connectivity index (χ4n) is 4.52. The maximum absolute atomic E-state index is 10.7. The second-order valence-corrected chi connectivity index (χ2v) is 6.21. The molecule has 5 atom stereocenters. The monoisotopic (exact) mass is 264 g/mol. The van der Waals surface area contributed by atoms with E-state index >= 15 is 0 Å². The van der Waals surface area contributed by atoms with E-state index in [1.54, 1.807) is 13.2 Å². The highest BCUT2D eigenvalue weighted by atomic mass is 16.7. The Labute approximate surface area is 115 Å². The van der Waals surface area contributed by atoms with Gasteiger partial charge in [-0.2, -0.15) is 0 Å². The van der Waals surface area contributed by atoms with E-state index in [1.807, 2.05) is 0 Å². The van der Waals surface area contributed by atoms with Crippen molar-refractivity contribution in [2.75, 3.05) is 13.9 Å². The molecule has 3 nitrogen and oxygen atoms in total. The summed E-state index contributed by atoms with van der Waals surface area (Å²) in [5.74, 6) is 1.28. The van der Waals surface area contributed by atoms with Crippen LogP contribution in [0.2, 0.25) is 0 Å². The number of methoxy groups -OCH3 is 1. The fraction of sp³-hybridized carbons (Fsp3) is 0.750. The van der Waals surface area contributed by atoms with Crippen LogP contribution in [-0.4, -0.2) is 30.7 Å². The third-order valence-electron chi connectivity index (χ3n) is 5.30. The summed E-state index contributed by atoms with van der Waals surface area (Å²) in [6.07, 6.45) is 9.65. The summed E-state index contributed by atoms with van der Waals surface area (Å²) in [7, 11) is 1.67. The topological polar surface area (TPSA) is 38.7 Å². The van der Waals surface area contributed by atoms with E-state index in [2.05, 4.69) is 12.7 Å². The zero-order valence-electron chi connectivity index (χ0n) is 11.7. The van der Waals surface area contributed by atoms with Gasteiger partial charge in [0.1, 0.15) is 6.79 Å². The number of ether oxygens (including phenoxy) is 2. The van der Waals surface area contributed by atoms with Crippen molar-refractivity contribution in [3.05, 3.63) is 24.3 Å². The van der Waals surface area contributed by atoms with Gasteiger partial charge >= 0.3 is 0 Å². The van der Waals surface area contributed by atoms with E-state index in [0.29, 0.717) is 18.6 Å². The van der Waals surface area contributed by atoms with Crippen molar-refractivity contribution in [1.29, 1.82) is 0 Å². The van der Waals surface area contributed by atoms with E-state index in [4.69, 9.17) is 9.47 Å². The average molecular weight is 264 g/mol. The number of aliphatic hydroxyl groups is 1. The molecule has 3 saturated carbocycles. The number of fused-ring (bicyclic) bond motifs is 2. The zero-order valence-corrected chi connectivity index (χ0v) is 11.7. The molecule has 0 amide bonds. The van der Waals surface area contributed by atoms with Gasteiger partial charge in [-0.1, -0.05) is 17.7 Å². The summed E-state index contributed by atoms with van der Waals surface area (Å²) >= 11 is 0. The summed E-state index contributed by atoms with van der Waals surface area (Å²) in [6.45, 7) is 4.23. The van der Waals surface area contributed by atoms with Crippen LogP contribution in [0.4, 0.5) is 0 Å². The number of allylic oxidation sites excluding steroid dienone is 1. The lowest BCUT2D eigenvalue weighted by Gasteiger charge is -2.55. The van der Waals surface area contributed by atoms with Gasteiger partial charge in [0, 0.05) is 18.9 Å². The van der Waals surface area contributed by atoms with Crippen LogP contribution in [0.25, 0.3) is 0 Å². The molecule has 106 valence electrons. The first-order valence-electron chi connectivity index (χ1n) is 7.36. The predicted octanol–water partition coefficient (Wildman–Crippen LogP) is 2.66. The minimum Gasteiger partial charge on any atom is -0.385 e. The summed E-state index contributed by atoms with van der Waals surface area (Å²) < 4.78 is 10.9. The second-order valence-electron chi connectivity index (χ2n) is 6.21. The molecule has 0 saturated heterocycles. The van der Waals surface area contributed by atoms with Crippen LogP contribution >= 0.6 is 0 Å².